The molecular formula is C15H19B3N4O2S. The second-order valence-electron chi connectivity index (χ2n) is 7.32. The van der Waals surface area contributed by atoms with E-state index in [1.165, 1.54) is 4.88 Å². The Hall–Kier alpha value is -2.09. The molecule has 0 amide bonds. The van der Waals surface area contributed by atoms with Gasteiger partial charge in [-0.25, -0.2) is 4.98 Å². The van der Waals surface area contributed by atoms with E-state index >= 15 is 0 Å². The van der Waals surface area contributed by atoms with Crippen LogP contribution in [0.25, 0.3) is 11.1 Å². The van der Waals surface area contributed by atoms with Crippen molar-refractivity contribution in [3.63, 3.8) is 0 Å². The number of fused-ring (bicyclic) bond motifs is 2. The van der Waals surface area contributed by atoms with E-state index < -0.39 is 0 Å². The van der Waals surface area contributed by atoms with Gasteiger partial charge in [0, 0.05) is 24.3 Å². The molecule has 1 aliphatic heterocycles. The average molecular weight is 352 g/mol. The van der Waals surface area contributed by atoms with Crippen LogP contribution in [0, 0.1) is 0 Å². The van der Waals surface area contributed by atoms with E-state index in [0.717, 1.165) is 35.5 Å². The topological polar surface area (TPSA) is 77.4 Å². The molecule has 1 aliphatic rings. The number of benzene rings is 1. The number of rotatable bonds is 3. The van der Waals surface area contributed by atoms with Crippen molar-refractivity contribution in [3.05, 3.63) is 28.8 Å². The third-order valence-corrected chi connectivity index (χ3v) is 5.30. The lowest BCUT2D eigenvalue weighted by molar-refractivity contribution is 0.319. The zero-order valence-electron chi connectivity index (χ0n) is 14.9. The average Bonchev–Trinajstić information content (AvgIpc) is 3.08. The lowest BCUT2D eigenvalue weighted by Crippen LogP contribution is -2.37. The molecule has 1 atom stereocenters. The maximum Gasteiger partial charge on any atom is 0.298 e. The molecule has 6 nitrogen and oxygen atoms in total. The summed E-state index contributed by atoms with van der Waals surface area (Å²) in [4.78, 5) is 12.5. The van der Waals surface area contributed by atoms with Crippen molar-refractivity contribution in [3.8, 4) is 5.75 Å². The fourth-order valence-electron chi connectivity index (χ4n) is 3.15. The van der Waals surface area contributed by atoms with Crippen LogP contribution in [-0.2, 0) is 6.42 Å². The van der Waals surface area contributed by atoms with Gasteiger partial charge in [-0.1, -0.05) is 11.3 Å². The predicted molar refractivity (Wildman–Crippen MR) is 109 cm³/mol. The number of oxazole rings is 1. The van der Waals surface area contributed by atoms with E-state index in [0.29, 0.717) is 11.1 Å². The number of hydrogen-bond donors (Lipinski definition) is 1. The zero-order chi connectivity index (χ0) is 17.8. The molecule has 0 fully saturated rings. The van der Waals surface area contributed by atoms with E-state index in [1.807, 2.05) is 41.7 Å². The van der Waals surface area contributed by atoms with Crippen LogP contribution in [0.3, 0.4) is 0 Å². The number of anilines is 2. The highest BCUT2D eigenvalue weighted by molar-refractivity contribution is 7.15. The molecule has 1 aromatic carbocycles. The number of hydrogen-bond acceptors (Lipinski definition) is 7. The highest BCUT2D eigenvalue weighted by Gasteiger charge is 2.30. The van der Waals surface area contributed by atoms with Crippen molar-refractivity contribution in [2.24, 2.45) is 0 Å². The Kier molecular flexibility index (Phi) is 3.75. The SMILES string of the molecule is BC(B)(B)Oc1ccc2oc(N3CCc4nc(N)sc4[C@@H]3C)nc2c1. The summed E-state index contributed by atoms with van der Waals surface area (Å²) < 4.78 is 11.9. The molecule has 126 valence electrons. The first-order valence-electron chi connectivity index (χ1n) is 8.41. The maximum atomic E-state index is 6.00. The molecule has 2 N–H and O–H groups in total. The highest BCUT2D eigenvalue weighted by Crippen LogP contribution is 2.38. The summed E-state index contributed by atoms with van der Waals surface area (Å²) in [5.41, 5.74) is 8.54. The minimum Gasteiger partial charge on any atom is -0.514 e. The van der Waals surface area contributed by atoms with Crippen molar-refractivity contribution >= 4 is 57.1 Å². The highest BCUT2D eigenvalue weighted by atomic mass is 32.1. The van der Waals surface area contributed by atoms with Crippen molar-refractivity contribution in [1.82, 2.24) is 9.97 Å². The Morgan fingerprint density at radius 2 is 2.16 bits per heavy atom. The Bertz CT molecular complexity index is 937. The largest absolute Gasteiger partial charge is 0.514 e. The summed E-state index contributed by atoms with van der Waals surface area (Å²) >= 11 is 1.55. The van der Waals surface area contributed by atoms with E-state index in [9.17, 15) is 0 Å². The Labute approximate surface area is 153 Å². The van der Waals surface area contributed by atoms with Gasteiger partial charge < -0.3 is 19.8 Å². The van der Waals surface area contributed by atoms with Gasteiger partial charge in [-0.05, 0) is 19.1 Å². The van der Waals surface area contributed by atoms with Gasteiger partial charge in [0.15, 0.2) is 10.7 Å². The fraction of sp³-hybridized carbons (Fsp3) is 0.333. The Morgan fingerprint density at radius 1 is 1.36 bits per heavy atom. The first-order valence-corrected chi connectivity index (χ1v) is 9.23. The molecule has 0 spiro atoms. The van der Waals surface area contributed by atoms with Gasteiger partial charge in [-0.2, -0.15) is 4.98 Å². The van der Waals surface area contributed by atoms with Crippen LogP contribution in [-0.4, -0.2) is 45.4 Å². The third kappa shape index (κ3) is 3.10. The molecule has 0 radical (unpaired) electrons. The van der Waals surface area contributed by atoms with Crippen LogP contribution in [0.1, 0.15) is 23.5 Å². The zero-order valence-corrected chi connectivity index (χ0v) is 15.7. The minimum atomic E-state index is -0.246. The molecule has 25 heavy (non-hydrogen) atoms. The maximum absolute atomic E-state index is 6.00. The molecule has 3 aromatic rings. The van der Waals surface area contributed by atoms with Gasteiger partial charge >= 0.3 is 0 Å². The first kappa shape index (κ1) is 16.4. The van der Waals surface area contributed by atoms with Crippen molar-refractivity contribution in [2.75, 3.05) is 17.2 Å². The summed E-state index contributed by atoms with van der Waals surface area (Å²) in [6.07, 6.45) is 0.852. The molecule has 2 aromatic heterocycles. The van der Waals surface area contributed by atoms with Gasteiger partial charge in [-0.15, -0.1) is 0 Å². The quantitative estimate of drug-likeness (QED) is 0.663. The van der Waals surface area contributed by atoms with Gasteiger partial charge in [0.25, 0.3) is 6.01 Å². The summed E-state index contributed by atoms with van der Waals surface area (Å²) in [5.74, 6) is 0.795. The van der Waals surface area contributed by atoms with Crippen LogP contribution < -0.4 is 15.4 Å². The Morgan fingerprint density at radius 3 is 2.92 bits per heavy atom. The second kappa shape index (κ2) is 5.73. The Balaban J connectivity index is 1.66. The van der Waals surface area contributed by atoms with Gasteiger partial charge in [0.2, 0.25) is 0 Å². The van der Waals surface area contributed by atoms with Crippen LogP contribution in [0.4, 0.5) is 11.1 Å². The van der Waals surface area contributed by atoms with Crippen molar-refractivity contribution in [1.29, 1.82) is 0 Å². The molecule has 4 rings (SSSR count). The predicted octanol–water partition coefficient (Wildman–Crippen LogP) is -0.120. The molecule has 10 heteroatoms. The monoisotopic (exact) mass is 352 g/mol. The summed E-state index contributed by atoms with van der Waals surface area (Å²) in [7, 11) is 6.08. The number of nitrogen functional groups attached to an aromatic ring is 1. The van der Waals surface area contributed by atoms with E-state index in [1.54, 1.807) is 11.3 Å². The van der Waals surface area contributed by atoms with E-state index in [4.69, 9.17) is 14.9 Å². The number of nitrogens with zero attached hydrogens (tertiary/aromatic N) is 3. The lowest BCUT2D eigenvalue weighted by Gasteiger charge is -2.31. The van der Waals surface area contributed by atoms with E-state index in [-0.39, 0.29) is 11.3 Å². The number of thiazole rings is 1. The smallest absolute Gasteiger partial charge is 0.298 e. The number of ether oxygens (including phenoxy) is 1. The second-order valence-corrected chi connectivity index (χ2v) is 8.39. The summed E-state index contributed by atoms with van der Waals surface area (Å²) in [6.45, 7) is 2.95. The molecule has 0 saturated carbocycles. The molecule has 3 heterocycles. The van der Waals surface area contributed by atoms with Crippen LogP contribution in [0.2, 0.25) is 0 Å². The fourth-order valence-corrected chi connectivity index (χ4v) is 4.09. The number of nitrogens with two attached hydrogens (primary N) is 1. The van der Waals surface area contributed by atoms with Crippen LogP contribution in [0.5, 0.6) is 5.75 Å². The van der Waals surface area contributed by atoms with Crippen molar-refractivity contribution in [2.45, 2.75) is 24.7 Å². The van der Waals surface area contributed by atoms with E-state index in [2.05, 4.69) is 21.8 Å². The minimum absolute atomic E-state index is 0.150. The van der Waals surface area contributed by atoms with Crippen molar-refractivity contribution < 1.29 is 9.15 Å². The normalized spacial score (nSPS) is 17.6. The molecule has 0 bridgehead atoms. The van der Waals surface area contributed by atoms with Gasteiger partial charge in [-0.3, -0.25) is 0 Å². The first-order chi connectivity index (χ1) is 11.8. The standard InChI is InChI=1S/C15H19B3N4O2S/c1-7-12-9(20-13(19)25-12)4-5-22(7)14-21-10-6-8(24-15(16,17)18)2-3-11(10)23-14/h2-3,6-7H,4-5,16-18H2,1H3,(H2,19,20)/t7-/m0/s1. The lowest BCUT2D eigenvalue weighted by atomic mass is 9.52. The van der Waals surface area contributed by atoms with Gasteiger partial charge in [0.1, 0.15) is 34.8 Å². The third-order valence-electron chi connectivity index (χ3n) is 4.20. The van der Waals surface area contributed by atoms with Crippen LogP contribution >= 0.6 is 11.3 Å². The molecular weight excluding hydrogens is 333 g/mol. The molecule has 0 saturated heterocycles. The molecule has 0 unspecified atom stereocenters. The summed E-state index contributed by atoms with van der Waals surface area (Å²) in [5, 5.41) is 0.379. The summed E-state index contributed by atoms with van der Waals surface area (Å²) in [6, 6.07) is 6.55. The van der Waals surface area contributed by atoms with Crippen LogP contribution in [0.15, 0.2) is 22.6 Å². The van der Waals surface area contributed by atoms with Gasteiger partial charge in [0.05, 0.1) is 16.6 Å². The number of aromatic nitrogens is 2. The molecule has 0 aliphatic carbocycles.